The fourth-order valence-corrected chi connectivity index (χ4v) is 5.33. The summed E-state index contributed by atoms with van der Waals surface area (Å²) in [5, 5.41) is 5.50. The Balaban J connectivity index is 1.55. The van der Waals surface area contributed by atoms with Crippen molar-refractivity contribution >= 4 is 34.5 Å². The minimum atomic E-state index is -0.554. The number of amides is 1. The number of esters is 1. The first-order valence-corrected chi connectivity index (χ1v) is 13.1. The summed E-state index contributed by atoms with van der Waals surface area (Å²) >= 11 is 1.43. The van der Waals surface area contributed by atoms with E-state index in [1.165, 1.54) is 11.8 Å². The molecule has 3 aromatic rings. The molecular formula is C29H27N3O5S. The highest BCUT2D eigenvalue weighted by molar-refractivity contribution is 8.16. The van der Waals surface area contributed by atoms with Crippen molar-refractivity contribution in [3.05, 3.63) is 107 Å². The summed E-state index contributed by atoms with van der Waals surface area (Å²) in [4.78, 5) is 33.3. The van der Waals surface area contributed by atoms with Crippen molar-refractivity contribution in [3.8, 4) is 5.75 Å². The molecule has 1 N–H and O–H groups in total. The normalized spacial score (nSPS) is 16.5. The van der Waals surface area contributed by atoms with Gasteiger partial charge in [-0.25, -0.2) is 9.79 Å². The molecular weight excluding hydrogens is 502 g/mol. The number of thioether (sulfide) groups is 1. The highest BCUT2D eigenvalue weighted by atomic mass is 32.2. The summed E-state index contributed by atoms with van der Waals surface area (Å²) in [5.74, 6) is 0.753. The van der Waals surface area contributed by atoms with Gasteiger partial charge < -0.3 is 24.1 Å². The van der Waals surface area contributed by atoms with Gasteiger partial charge in [0.25, 0.3) is 0 Å². The van der Waals surface area contributed by atoms with Crippen molar-refractivity contribution in [1.29, 1.82) is 0 Å². The van der Waals surface area contributed by atoms with Gasteiger partial charge in [0.2, 0.25) is 5.91 Å². The van der Waals surface area contributed by atoms with Gasteiger partial charge in [-0.05, 0) is 42.2 Å². The molecule has 0 saturated heterocycles. The number of methoxy groups -OCH3 is 1. The Kier molecular flexibility index (Phi) is 7.65. The molecule has 0 spiro atoms. The number of benzene rings is 2. The monoisotopic (exact) mass is 529 g/mol. The molecule has 8 nitrogen and oxygen atoms in total. The molecule has 0 fully saturated rings. The van der Waals surface area contributed by atoms with Crippen LogP contribution in [0.4, 0.5) is 0 Å². The first kappa shape index (κ1) is 25.4. The molecule has 0 radical (unpaired) electrons. The van der Waals surface area contributed by atoms with E-state index >= 15 is 0 Å². The number of hydrogen-bond donors (Lipinski definition) is 1. The van der Waals surface area contributed by atoms with Crippen LogP contribution in [0, 0.1) is 0 Å². The van der Waals surface area contributed by atoms with Gasteiger partial charge in [-0.15, -0.1) is 0 Å². The maximum absolute atomic E-state index is 13.5. The number of carbonyl (C=O) groups is 2. The summed E-state index contributed by atoms with van der Waals surface area (Å²) in [7, 11) is 1.61. The molecule has 194 valence electrons. The first-order chi connectivity index (χ1) is 18.6. The minimum Gasteiger partial charge on any atom is -0.497 e. The zero-order valence-electron chi connectivity index (χ0n) is 21.0. The standard InChI is InChI=1S/C29H27N3O5S/c1-3-36-28(34)25-26(19-8-5-4-6-9-19)31-29-32(27(25)20-11-13-22(35-2)14-12-20)21(18-38-29)16-24(33)30-17-23-10-7-15-37-23/h4-15,18,27H,3,16-17H2,1-2H3,(H,30,33)/t27-/m1/s1. The Morgan fingerprint density at radius 3 is 2.55 bits per heavy atom. The third-order valence-electron chi connectivity index (χ3n) is 6.17. The maximum Gasteiger partial charge on any atom is 0.338 e. The zero-order chi connectivity index (χ0) is 26.5. The molecule has 0 saturated carbocycles. The average molecular weight is 530 g/mol. The molecule has 2 aromatic carbocycles. The number of ether oxygens (including phenoxy) is 2. The fraction of sp³-hybridized carbons (Fsp3) is 0.207. The zero-order valence-corrected chi connectivity index (χ0v) is 21.9. The van der Waals surface area contributed by atoms with Crippen molar-refractivity contribution in [1.82, 2.24) is 10.2 Å². The summed E-state index contributed by atoms with van der Waals surface area (Å²) in [6.07, 6.45) is 1.68. The van der Waals surface area contributed by atoms with Crippen molar-refractivity contribution < 1.29 is 23.5 Å². The highest BCUT2D eigenvalue weighted by Gasteiger charge is 2.42. The van der Waals surface area contributed by atoms with Crippen LogP contribution in [0.5, 0.6) is 5.75 Å². The molecule has 1 aromatic heterocycles. The Morgan fingerprint density at radius 1 is 1.08 bits per heavy atom. The molecule has 38 heavy (non-hydrogen) atoms. The van der Waals surface area contributed by atoms with E-state index in [2.05, 4.69) is 5.32 Å². The Hall–Kier alpha value is -4.24. The lowest BCUT2D eigenvalue weighted by molar-refractivity contribution is -0.139. The molecule has 9 heteroatoms. The van der Waals surface area contributed by atoms with Gasteiger partial charge in [0, 0.05) is 11.3 Å². The number of aliphatic imine (C=N–C) groups is 1. The average Bonchev–Trinajstić information content (AvgIpc) is 3.62. The summed E-state index contributed by atoms with van der Waals surface area (Å²) < 4.78 is 16.2. The van der Waals surface area contributed by atoms with Crippen LogP contribution in [-0.2, 0) is 20.9 Å². The Bertz CT molecular complexity index is 1400. The van der Waals surface area contributed by atoms with Crippen LogP contribution in [-0.4, -0.2) is 35.7 Å². The number of fused-ring (bicyclic) bond motifs is 1. The molecule has 5 rings (SSSR count). The quantitative estimate of drug-likeness (QED) is 0.378. The second kappa shape index (κ2) is 11.4. The predicted molar refractivity (Wildman–Crippen MR) is 146 cm³/mol. The third-order valence-corrected chi connectivity index (χ3v) is 7.05. The smallest absolute Gasteiger partial charge is 0.338 e. The first-order valence-electron chi connectivity index (χ1n) is 12.2. The van der Waals surface area contributed by atoms with Crippen LogP contribution >= 0.6 is 11.8 Å². The SMILES string of the molecule is CCOC(=O)C1=C(c2ccccc2)N=C2SC=C(CC(=O)NCc3ccco3)N2[C@@H]1c1ccc(OC)cc1. The maximum atomic E-state index is 13.5. The molecule has 0 unspecified atom stereocenters. The number of nitrogens with zero attached hydrogens (tertiary/aromatic N) is 2. The lowest BCUT2D eigenvalue weighted by Gasteiger charge is -2.36. The predicted octanol–water partition coefficient (Wildman–Crippen LogP) is 5.27. The summed E-state index contributed by atoms with van der Waals surface area (Å²) in [6.45, 7) is 2.30. The van der Waals surface area contributed by atoms with E-state index in [0.717, 1.165) is 16.8 Å². The van der Waals surface area contributed by atoms with Crippen LogP contribution in [0.3, 0.4) is 0 Å². The van der Waals surface area contributed by atoms with Gasteiger partial charge in [0.1, 0.15) is 11.5 Å². The third kappa shape index (κ3) is 5.24. The largest absolute Gasteiger partial charge is 0.497 e. The number of nitrogens with one attached hydrogen (secondary N) is 1. The fourth-order valence-electron chi connectivity index (χ4n) is 4.42. The van der Waals surface area contributed by atoms with Gasteiger partial charge >= 0.3 is 5.97 Å². The van der Waals surface area contributed by atoms with E-state index in [9.17, 15) is 9.59 Å². The number of furan rings is 1. The summed E-state index contributed by atoms with van der Waals surface area (Å²) in [5.41, 5.74) is 3.36. The van der Waals surface area contributed by atoms with E-state index < -0.39 is 12.0 Å². The molecule has 1 amide bonds. The van der Waals surface area contributed by atoms with E-state index in [1.54, 1.807) is 26.4 Å². The second-order valence-electron chi connectivity index (χ2n) is 8.55. The highest BCUT2D eigenvalue weighted by Crippen LogP contribution is 2.47. The Labute approximate surface area is 225 Å². The minimum absolute atomic E-state index is 0.107. The van der Waals surface area contributed by atoms with Crippen LogP contribution in [0.25, 0.3) is 5.70 Å². The lowest BCUT2D eigenvalue weighted by atomic mass is 9.91. The number of carbonyl (C=O) groups excluding carboxylic acids is 2. The molecule has 2 aliphatic heterocycles. The van der Waals surface area contributed by atoms with Crippen molar-refractivity contribution in [2.24, 2.45) is 4.99 Å². The molecule has 2 aliphatic rings. The van der Waals surface area contributed by atoms with Gasteiger partial charge in [0.15, 0.2) is 5.17 Å². The molecule has 0 bridgehead atoms. The van der Waals surface area contributed by atoms with Crippen molar-refractivity contribution in [3.63, 3.8) is 0 Å². The van der Waals surface area contributed by atoms with E-state index in [-0.39, 0.29) is 18.9 Å². The number of hydrogen-bond acceptors (Lipinski definition) is 8. The van der Waals surface area contributed by atoms with E-state index in [0.29, 0.717) is 34.5 Å². The number of amidine groups is 1. The van der Waals surface area contributed by atoms with Crippen LogP contribution in [0.1, 0.15) is 36.3 Å². The molecule has 1 atom stereocenters. The molecule has 3 heterocycles. The molecule has 0 aliphatic carbocycles. The second-order valence-corrected chi connectivity index (χ2v) is 9.39. The topological polar surface area (TPSA) is 93.4 Å². The van der Waals surface area contributed by atoms with Crippen molar-refractivity contribution in [2.45, 2.75) is 25.9 Å². The van der Waals surface area contributed by atoms with Crippen LogP contribution < -0.4 is 10.1 Å². The summed E-state index contributed by atoms with van der Waals surface area (Å²) in [6, 6.07) is 20.2. The van der Waals surface area contributed by atoms with Crippen LogP contribution in [0.15, 0.2) is 99.1 Å². The van der Waals surface area contributed by atoms with Crippen molar-refractivity contribution in [2.75, 3.05) is 13.7 Å². The number of rotatable bonds is 9. The van der Waals surface area contributed by atoms with E-state index in [1.807, 2.05) is 71.0 Å². The van der Waals surface area contributed by atoms with Crippen LogP contribution in [0.2, 0.25) is 0 Å². The van der Waals surface area contributed by atoms with Gasteiger partial charge in [0.05, 0.1) is 50.3 Å². The van der Waals surface area contributed by atoms with E-state index in [4.69, 9.17) is 18.9 Å². The lowest BCUT2D eigenvalue weighted by Crippen LogP contribution is -2.38. The Morgan fingerprint density at radius 2 is 1.87 bits per heavy atom. The van der Waals surface area contributed by atoms with Gasteiger partial charge in [-0.2, -0.15) is 0 Å². The van der Waals surface area contributed by atoms with Gasteiger partial charge in [-0.1, -0.05) is 54.2 Å². The van der Waals surface area contributed by atoms with Gasteiger partial charge in [-0.3, -0.25) is 4.79 Å².